The van der Waals surface area contributed by atoms with Crippen LogP contribution in [-0.2, 0) is 4.74 Å². The van der Waals surface area contributed by atoms with E-state index in [0.717, 1.165) is 44.9 Å². The summed E-state index contributed by atoms with van der Waals surface area (Å²) >= 11 is 0. The Morgan fingerprint density at radius 1 is 1.37 bits per heavy atom. The molecule has 0 radical (unpaired) electrons. The normalized spacial score (nSPS) is 20.4. The van der Waals surface area contributed by atoms with Gasteiger partial charge >= 0.3 is 0 Å². The minimum atomic E-state index is 0.294. The van der Waals surface area contributed by atoms with Gasteiger partial charge in [0.05, 0.1) is 12.7 Å². The van der Waals surface area contributed by atoms with Gasteiger partial charge in [0.1, 0.15) is 0 Å². The van der Waals surface area contributed by atoms with Crippen molar-refractivity contribution in [2.45, 2.75) is 19.4 Å². The molecular formula is C15H25N3O. The molecule has 106 valence electrons. The Kier molecular flexibility index (Phi) is 5.05. The van der Waals surface area contributed by atoms with E-state index >= 15 is 0 Å². The molecule has 0 aliphatic carbocycles. The highest BCUT2D eigenvalue weighted by atomic mass is 16.5. The number of ether oxygens (including phenoxy) is 1. The van der Waals surface area contributed by atoms with E-state index in [1.54, 1.807) is 0 Å². The van der Waals surface area contributed by atoms with E-state index in [2.05, 4.69) is 35.9 Å². The average Bonchev–Trinajstić information content (AvgIpc) is 2.39. The van der Waals surface area contributed by atoms with Gasteiger partial charge in [-0.3, -0.25) is 0 Å². The summed E-state index contributed by atoms with van der Waals surface area (Å²) in [6.45, 7) is 7.08. The molecule has 4 heteroatoms. The van der Waals surface area contributed by atoms with Crippen LogP contribution >= 0.6 is 0 Å². The Morgan fingerprint density at radius 3 is 2.74 bits per heavy atom. The second kappa shape index (κ2) is 6.78. The van der Waals surface area contributed by atoms with Gasteiger partial charge in [0.15, 0.2) is 0 Å². The van der Waals surface area contributed by atoms with Crippen molar-refractivity contribution in [2.24, 2.45) is 0 Å². The number of likely N-dealkylation sites (N-methyl/N-ethyl adjacent to an activating group) is 1. The molecule has 1 aliphatic heterocycles. The molecular weight excluding hydrogens is 238 g/mol. The van der Waals surface area contributed by atoms with Crippen LogP contribution in [0.4, 0.5) is 11.4 Å². The molecule has 4 nitrogen and oxygen atoms in total. The highest BCUT2D eigenvalue weighted by Gasteiger charge is 2.20. The van der Waals surface area contributed by atoms with Gasteiger partial charge in [-0.05, 0) is 37.7 Å². The van der Waals surface area contributed by atoms with Crippen LogP contribution in [0.3, 0.4) is 0 Å². The van der Waals surface area contributed by atoms with Gasteiger partial charge in [-0.1, -0.05) is 6.92 Å². The van der Waals surface area contributed by atoms with Crippen molar-refractivity contribution in [3.63, 3.8) is 0 Å². The Balaban J connectivity index is 2.01. The van der Waals surface area contributed by atoms with Gasteiger partial charge < -0.3 is 20.3 Å². The van der Waals surface area contributed by atoms with Crippen molar-refractivity contribution in [1.82, 2.24) is 4.90 Å². The number of anilines is 2. The quantitative estimate of drug-likeness (QED) is 0.823. The lowest BCUT2D eigenvalue weighted by atomic mass is 10.2. The molecule has 0 aromatic heterocycles. The predicted molar refractivity (Wildman–Crippen MR) is 80.6 cm³/mol. The summed E-state index contributed by atoms with van der Waals surface area (Å²) < 4.78 is 5.86. The maximum Gasteiger partial charge on any atom is 0.0876 e. The standard InChI is InChI=1S/C15H25N3O/c1-3-8-18(14-6-4-13(16)5-7-14)12-15-11-17(2)9-10-19-15/h4-7,15H,3,8-12,16H2,1-2H3. The van der Waals surface area contributed by atoms with E-state index < -0.39 is 0 Å². The molecule has 1 aromatic carbocycles. The predicted octanol–water partition coefficient (Wildman–Crippen LogP) is 1.82. The van der Waals surface area contributed by atoms with Gasteiger partial charge in [0, 0.05) is 37.6 Å². The van der Waals surface area contributed by atoms with Crippen molar-refractivity contribution in [3.8, 4) is 0 Å². The SMILES string of the molecule is CCCN(CC1CN(C)CCO1)c1ccc(N)cc1. The number of hydrogen-bond donors (Lipinski definition) is 1. The lowest BCUT2D eigenvalue weighted by Gasteiger charge is -2.34. The van der Waals surface area contributed by atoms with Crippen LogP contribution in [-0.4, -0.2) is 50.8 Å². The fraction of sp³-hybridized carbons (Fsp3) is 0.600. The van der Waals surface area contributed by atoms with Crippen molar-refractivity contribution in [3.05, 3.63) is 24.3 Å². The zero-order valence-electron chi connectivity index (χ0n) is 12.0. The smallest absolute Gasteiger partial charge is 0.0876 e. The second-order valence-corrected chi connectivity index (χ2v) is 5.29. The maximum absolute atomic E-state index is 5.86. The zero-order valence-corrected chi connectivity index (χ0v) is 12.0. The molecule has 1 aliphatic rings. The number of nitrogen functional groups attached to an aromatic ring is 1. The third-order valence-corrected chi connectivity index (χ3v) is 3.52. The molecule has 0 bridgehead atoms. The Morgan fingerprint density at radius 2 is 2.11 bits per heavy atom. The lowest BCUT2D eigenvalue weighted by Crippen LogP contribution is -2.46. The minimum absolute atomic E-state index is 0.294. The van der Waals surface area contributed by atoms with Crippen LogP contribution in [0.15, 0.2) is 24.3 Å². The van der Waals surface area contributed by atoms with Gasteiger partial charge in [-0.2, -0.15) is 0 Å². The molecule has 1 saturated heterocycles. The van der Waals surface area contributed by atoms with Crippen LogP contribution in [0, 0.1) is 0 Å². The molecule has 1 fully saturated rings. The minimum Gasteiger partial charge on any atom is -0.399 e. The van der Waals surface area contributed by atoms with Crippen molar-refractivity contribution in [1.29, 1.82) is 0 Å². The van der Waals surface area contributed by atoms with E-state index in [-0.39, 0.29) is 0 Å². The van der Waals surface area contributed by atoms with E-state index in [4.69, 9.17) is 10.5 Å². The van der Waals surface area contributed by atoms with E-state index in [0.29, 0.717) is 6.10 Å². The molecule has 2 rings (SSSR count). The molecule has 1 unspecified atom stereocenters. The molecule has 1 aromatic rings. The monoisotopic (exact) mass is 263 g/mol. The summed E-state index contributed by atoms with van der Waals surface area (Å²) in [4.78, 5) is 4.73. The van der Waals surface area contributed by atoms with Crippen LogP contribution in [0.25, 0.3) is 0 Å². The molecule has 1 atom stereocenters. The molecule has 19 heavy (non-hydrogen) atoms. The highest BCUT2D eigenvalue weighted by Crippen LogP contribution is 2.18. The number of nitrogens with zero attached hydrogens (tertiary/aromatic N) is 2. The number of benzene rings is 1. The Bertz CT molecular complexity index is 379. The molecule has 1 heterocycles. The van der Waals surface area contributed by atoms with E-state index in [1.807, 2.05) is 12.1 Å². The first kappa shape index (κ1) is 14.2. The van der Waals surface area contributed by atoms with Crippen molar-refractivity contribution in [2.75, 3.05) is 50.5 Å². The van der Waals surface area contributed by atoms with Crippen LogP contribution in [0.5, 0.6) is 0 Å². The molecule has 2 N–H and O–H groups in total. The first-order valence-corrected chi connectivity index (χ1v) is 7.09. The number of rotatable bonds is 5. The summed E-state index contributed by atoms with van der Waals surface area (Å²) in [6.07, 6.45) is 1.43. The first-order valence-electron chi connectivity index (χ1n) is 7.09. The fourth-order valence-corrected chi connectivity index (χ4v) is 2.50. The first-order chi connectivity index (χ1) is 9.19. The fourth-order valence-electron chi connectivity index (χ4n) is 2.50. The van der Waals surface area contributed by atoms with Crippen LogP contribution in [0.1, 0.15) is 13.3 Å². The van der Waals surface area contributed by atoms with Crippen molar-refractivity contribution < 1.29 is 4.74 Å². The molecule has 0 spiro atoms. The Labute approximate surface area is 116 Å². The summed E-state index contributed by atoms with van der Waals surface area (Å²) in [6, 6.07) is 8.12. The molecule has 0 saturated carbocycles. The summed E-state index contributed by atoms with van der Waals surface area (Å²) in [5.74, 6) is 0. The van der Waals surface area contributed by atoms with E-state index in [1.165, 1.54) is 5.69 Å². The highest BCUT2D eigenvalue weighted by molar-refractivity contribution is 5.53. The number of morpholine rings is 1. The summed E-state index contributed by atoms with van der Waals surface area (Å²) in [5, 5.41) is 0. The summed E-state index contributed by atoms with van der Waals surface area (Å²) in [7, 11) is 2.16. The topological polar surface area (TPSA) is 41.7 Å². The second-order valence-electron chi connectivity index (χ2n) is 5.29. The van der Waals surface area contributed by atoms with Crippen LogP contribution in [0.2, 0.25) is 0 Å². The van der Waals surface area contributed by atoms with E-state index in [9.17, 15) is 0 Å². The number of hydrogen-bond acceptors (Lipinski definition) is 4. The third-order valence-electron chi connectivity index (χ3n) is 3.52. The lowest BCUT2D eigenvalue weighted by molar-refractivity contribution is -0.0147. The zero-order chi connectivity index (χ0) is 13.7. The average molecular weight is 263 g/mol. The van der Waals surface area contributed by atoms with Crippen LogP contribution < -0.4 is 10.6 Å². The van der Waals surface area contributed by atoms with Gasteiger partial charge in [-0.15, -0.1) is 0 Å². The third kappa shape index (κ3) is 4.11. The van der Waals surface area contributed by atoms with Gasteiger partial charge in [0.25, 0.3) is 0 Å². The van der Waals surface area contributed by atoms with Gasteiger partial charge in [0.2, 0.25) is 0 Å². The number of nitrogens with two attached hydrogens (primary N) is 1. The van der Waals surface area contributed by atoms with Crippen molar-refractivity contribution >= 4 is 11.4 Å². The maximum atomic E-state index is 5.86. The Hall–Kier alpha value is -1.26. The molecule has 0 amide bonds. The summed E-state index contributed by atoms with van der Waals surface area (Å²) in [5.41, 5.74) is 7.80. The largest absolute Gasteiger partial charge is 0.399 e. The van der Waals surface area contributed by atoms with Gasteiger partial charge in [-0.25, -0.2) is 0 Å².